The van der Waals surface area contributed by atoms with E-state index >= 15 is 0 Å². The highest BCUT2D eigenvalue weighted by Crippen LogP contribution is 2.06. The molecule has 0 radical (unpaired) electrons. The molecule has 5 atom stereocenters. The van der Waals surface area contributed by atoms with Crippen LogP contribution in [0.25, 0.3) is 0 Å². The van der Waals surface area contributed by atoms with Crippen LogP contribution >= 0.6 is 0 Å². The SMILES string of the molecule is CCC(NC(=O)C(Cc1ccccc1)NC(=O)C(CO)NC(=O)C(NC(=O)c1ccc[nH]1)C(C)O)C(=O)O. The van der Waals surface area contributed by atoms with Gasteiger partial charge < -0.3 is 41.6 Å². The molecule has 0 aliphatic carbocycles. The van der Waals surface area contributed by atoms with Crippen molar-refractivity contribution < 1.29 is 39.3 Å². The van der Waals surface area contributed by atoms with Crippen LogP contribution in [0.1, 0.15) is 36.3 Å². The van der Waals surface area contributed by atoms with Crippen LogP contribution in [0.4, 0.5) is 0 Å². The largest absolute Gasteiger partial charge is 0.480 e. The summed E-state index contributed by atoms with van der Waals surface area (Å²) >= 11 is 0. The standard InChI is InChI=1S/C25H33N5O8/c1-3-16(25(37)38)27-22(34)18(12-15-8-5-4-6-9-15)28-23(35)19(13-31)29-24(36)20(14(2)32)30-21(33)17-10-7-11-26-17/h4-11,14,16,18-20,26,31-32H,3,12-13H2,1-2H3,(H,27,34)(H,28,35)(H,29,36)(H,30,33)(H,37,38). The number of aliphatic hydroxyl groups excluding tert-OH is 2. The van der Waals surface area contributed by atoms with Gasteiger partial charge in [0.1, 0.15) is 29.9 Å². The third-order valence-corrected chi connectivity index (χ3v) is 5.65. The molecule has 0 bridgehead atoms. The molecule has 0 saturated heterocycles. The molecule has 2 aromatic rings. The summed E-state index contributed by atoms with van der Waals surface area (Å²) < 4.78 is 0. The molecule has 1 aromatic carbocycles. The third-order valence-electron chi connectivity index (χ3n) is 5.65. The molecule has 4 amide bonds. The van der Waals surface area contributed by atoms with Crippen LogP contribution in [0.2, 0.25) is 0 Å². The number of aromatic amines is 1. The van der Waals surface area contributed by atoms with Gasteiger partial charge in [-0.25, -0.2) is 4.79 Å². The smallest absolute Gasteiger partial charge is 0.326 e. The summed E-state index contributed by atoms with van der Waals surface area (Å²) in [4.78, 5) is 65.0. The van der Waals surface area contributed by atoms with E-state index in [4.69, 9.17) is 0 Å². The van der Waals surface area contributed by atoms with Gasteiger partial charge in [-0.15, -0.1) is 0 Å². The van der Waals surface area contributed by atoms with Crippen molar-refractivity contribution in [1.82, 2.24) is 26.3 Å². The molecule has 38 heavy (non-hydrogen) atoms. The normalized spacial score (nSPS) is 14.7. The lowest BCUT2D eigenvalue weighted by atomic mass is 10.0. The Bertz CT molecular complexity index is 1090. The minimum atomic E-state index is -1.54. The molecule has 0 fully saturated rings. The molecular formula is C25H33N5O8. The second kappa shape index (κ2) is 14.5. The number of carboxylic acid groups (broad SMARTS) is 1. The van der Waals surface area contributed by atoms with E-state index in [9.17, 15) is 39.3 Å². The maximum Gasteiger partial charge on any atom is 0.326 e. The van der Waals surface area contributed by atoms with Crippen LogP contribution in [0.15, 0.2) is 48.7 Å². The monoisotopic (exact) mass is 531 g/mol. The first-order chi connectivity index (χ1) is 18.1. The quantitative estimate of drug-likeness (QED) is 0.146. The zero-order chi connectivity index (χ0) is 28.2. The van der Waals surface area contributed by atoms with Gasteiger partial charge in [0.25, 0.3) is 5.91 Å². The van der Waals surface area contributed by atoms with E-state index in [0.29, 0.717) is 5.56 Å². The average Bonchev–Trinajstić information content (AvgIpc) is 3.43. The van der Waals surface area contributed by atoms with Crippen LogP contribution < -0.4 is 21.3 Å². The fraction of sp³-hybridized carbons (Fsp3) is 0.400. The Kier molecular flexibility index (Phi) is 11.4. The molecule has 13 heteroatoms. The Morgan fingerprint density at radius 1 is 0.842 bits per heavy atom. The van der Waals surface area contributed by atoms with Crippen LogP contribution in [-0.4, -0.2) is 86.8 Å². The molecule has 2 rings (SSSR count). The van der Waals surface area contributed by atoms with E-state index in [1.54, 1.807) is 43.3 Å². The number of aliphatic hydroxyl groups is 2. The molecule has 1 aromatic heterocycles. The number of rotatable bonds is 14. The van der Waals surface area contributed by atoms with E-state index in [1.165, 1.54) is 19.2 Å². The van der Waals surface area contributed by atoms with Crippen molar-refractivity contribution in [2.24, 2.45) is 0 Å². The Labute approximate surface area is 219 Å². The van der Waals surface area contributed by atoms with Crippen molar-refractivity contribution in [2.45, 2.75) is 57.0 Å². The summed E-state index contributed by atoms with van der Waals surface area (Å²) in [6, 6.07) is 6.26. The second-order valence-electron chi connectivity index (χ2n) is 8.58. The van der Waals surface area contributed by atoms with E-state index < -0.39 is 66.5 Å². The number of carbonyl (C=O) groups excluding carboxylic acids is 4. The number of hydrogen-bond donors (Lipinski definition) is 8. The number of H-pyrrole nitrogens is 1. The Hall–Kier alpha value is -4.23. The van der Waals surface area contributed by atoms with Crippen molar-refractivity contribution in [3.8, 4) is 0 Å². The van der Waals surface area contributed by atoms with Gasteiger partial charge in [0.2, 0.25) is 17.7 Å². The number of carbonyl (C=O) groups is 5. The highest BCUT2D eigenvalue weighted by Gasteiger charge is 2.32. The van der Waals surface area contributed by atoms with Gasteiger partial charge in [0.05, 0.1) is 12.7 Å². The minimum Gasteiger partial charge on any atom is -0.480 e. The summed E-state index contributed by atoms with van der Waals surface area (Å²) in [5.41, 5.74) is 0.809. The zero-order valence-corrected chi connectivity index (χ0v) is 21.0. The van der Waals surface area contributed by atoms with E-state index in [-0.39, 0.29) is 18.5 Å². The highest BCUT2D eigenvalue weighted by molar-refractivity contribution is 5.98. The van der Waals surface area contributed by atoms with Gasteiger partial charge in [0.15, 0.2) is 0 Å². The zero-order valence-electron chi connectivity index (χ0n) is 21.0. The summed E-state index contributed by atoms with van der Waals surface area (Å²) in [6.45, 7) is 1.98. The van der Waals surface area contributed by atoms with Gasteiger partial charge in [-0.3, -0.25) is 19.2 Å². The Morgan fingerprint density at radius 3 is 1.97 bits per heavy atom. The van der Waals surface area contributed by atoms with Crippen LogP contribution in [-0.2, 0) is 25.6 Å². The fourth-order valence-electron chi connectivity index (χ4n) is 3.49. The Morgan fingerprint density at radius 2 is 1.45 bits per heavy atom. The maximum atomic E-state index is 13.0. The molecule has 13 nitrogen and oxygen atoms in total. The van der Waals surface area contributed by atoms with E-state index in [0.717, 1.165) is 0 Å². The first kappa shape index (κ1) is 30.0. The summed E-state index contributed by atoms with van der Waals surface area (Å²) in [5, 5.41) is 38.5. The first-order valence-corrected chi connectivity index (χ1v) is 12.0. The van der Waals surface area contributed by atoms with Gasteiger partial charge in [0, 0.05) is 12.6 Å². The van der Waals surface area contributed by atoms with Gasteiger partial charge >= 0.3 is 5.97 Å². The highest BCUT2D eigenvalue weighted by atomic mass is 16.4. The summed E-state index contributed by atoms with van der Waals surface area (Å²) in [6.07, 6.45) is 0.259. The topological polar surface area (TPSA) is 210 Å². The van der Waals surface area contributed by atoms with Crippen molar-refractivity contribution in [3.05, 3.63) is 59.9 Å². The van der Waals surface area contributed by atoms with Crippen LogP contribution in [0.3, 0.4) is 0 Å². The predicted octanol–water partition coefficient (Wildman–Crippen LogP) is -1.32. The van der Waals surface area contributed by atoms with Gasteiger partial charge in [-0.2, -0.15) is 0 Å². The minimum absolute atomic E-state index is 0.00304. The number of hydrogen-bond acceptors (Lipinski definition) is 7. The number of aromatic nitrogens is 1. The van der Waals surface area contributed by atoms with Crippen molar-refractivity contribution >= 4 is 29.6 Å². The van der Waals surface area contributed by atoms with E-state index in [2.05, 4.69) is 26.3 Å². The lowest BCUT2D eigenvalue weighted by Gasteiger charge is -2.26. The second-order valence-corrected chi connectivity index (χ2v) is 8.58. The van der Waals surface area contributed by atoms with Crippen molar-refractivity contribution in [2.75, 3.05) is 6.61 Å². The molecule has 0 aliphatic rings. The number of carboxylic acids is 1. The van der Waals surface area contributed by atoms with Crippen LogP contribution in [0, 0.1) is 0 Å². The number of amides is 4. The van der Waals surface area contributed by atoms with Gasteiger partial charge in [-0.05, 0) is 31.0 Å². The molecule has 0 saturated carbocycles. The lowest BCUT2D eigenvalue weighted by Crippen LogP contribution is -2.60. The molecule has 0 aliphatic heterocycles. The fourth-order valence-corrected chi connectivity index (χ4v) is 3.49. The first-order valence-electron chi connectivity index (χ1n) is 12.0. The number of nitrogens with one attached hydrogen (secondary N) is 5. The molecule has 0 spiro atoms. The lowest BCUT2D eigenvalue weighted by molar-refractivity contribution is -0.142. The van der Waals surface area contributed by atoms with Crippen LogP contribution in [0.5, 0.6) is 0 Å². The van der Waals surface area contributed by atoms with Crippen molar-refractivity contribution in [3.63, 3.8) is 0 Å². The predicted molar refractivity (Wildman–Crippen MR) is 135 cm³/mol. The average molecular weight is 532 g/mol. The number of benzene rings is 1. The van der Waals surface area contributed by atoms with Crippen molar-refractivity contribution in [1.29, 1.82) is 0 Å². The molecule has 1 heterocycles. The summed E-state index contributed by atoms with van der Waals surface area (Å²) in [7, 11) is 0. The third kappa shape index (κ3) is 8.71. The van der Waals surface area contributed by atoms with Gasteiger partial charge in [-0.1, -0.05) is 37.3 Å². The Balaban J connectivity index is 2.15. The molecule has 8 N–H and O–H groups in total. The molecule has 5 unspecified atom stereocenters. The molecular weight excluding hydrogens is 498 g/mol. The maximum absolute atomic E-state index is 13.0. The number of aliphatic carboxylic acids is 1. The van der Waals surface area contributed by atoms with E-state index in [1.807, 2.05) is 0 Å². The summed E-state index contributed by atoms with van der Waals surface area (Å²) in [5.74, 6) is -4.56. The molecule has 206 valence electrons.